The van der Waals surface area contributed by atoms with Crippen LogP contribution in [0.2, 0.25) is 5.02 Å². The molecular weight excluding hydrogens is 396 g/mol. The van der Waals surface area contributed by atoms with Crippen LogP contribution >= 0.6 is 43.5 Å². The molecule has 2 rings (SSSR count). The molecule has 0 fully saturated rings. The van der Waals surface area contributed by atoms with Crippen molar-refractivity contribution < 1.29 is 4.39 Å². The fourth-order valence-electron chi connectivity index (χ4n) is 1.72. The molecule has 0 radical (unpaired) electrons. The fourth-order valence-corrected chi connectivity index (χ4v) is 3.65. The molecule has 0 aliphatic carbocycles. The van der Waals surface area contributed by atoms with E-state index < -0.39 is 0 Å². The molecule has 0 bridgehead atoms. The summed E-state index contributed by atoms with van der Waals surface area (Å²) in [6.07, 6.45) is 0. The van der Waals surface area contributed by atoms with Crippen LogP contribution in [0.15, 0.2) is 39.3 Å². The van der Waals surface area contributed by atoms with Crippen LogP contribution in [0, 0.1) is 12.7 Å². The molecule has 0 spiro atoms. The summed E-state index contributed by atoms with van der Waals surface area (Å²) in [6, 6.07) is 8.46. The zero-order valence-electron chi connectivity index (χ0n) is 10.1. The fraction of sp³-hybridized carbons (Fsp3) is 0.143. The van der Waals surface area contributed by atoms with E-state index in [0.717, 1.165) is 25.8 Å². The topological polar surface area (TPSA) is 12.0 Å². The molecule has 0 atom stereocenters. The SMILES string of the molecule is Cc1cc(Br)c(NCc2ccc(F)cc2Cl)c(Br)c1. The first kappa shape index (κ1) is 14.8. The van der Waals surface area contributed by atoms with E-state index in [0.29, 0.717) is 11.6 Å². The summed E-state index contributed by atoms with van der Waals surface area (Å²) < 4.78 is 14.9. The van der Waals surface area contributed by atoms with Gasteiger partial charge in [0.15, 0.2) is 0 Å². The second-order valence-corrected chi connectivity index (χ2v) is 6.31. The van der Waals surface area contributed by atoms with Crippen molar-refractivity contribution in [3.8, 4) is 0 Å². The lowest BCUT2D eigenvalue weighted by molar-refractivity contribution is 0.627. The molecule has 5 heteroatoms. The first-order chi connectivity index (χ1) is 8.97. The summed E-state index contributed by atoms with van der Waals surface area (Å²) in [5.41, 5.74) is 2.96. The van der Waals surface area contributed by atoms with Crippen LogP contribution in [-0.4, -0.2) is 0 Å². The van der Waals surface area contributed by atoms with Crippen LogP contribution in [-0.2, 0) is 6.54 Å². The predicted octanol–water partition coefficient (Wildman–Crippen LogP) is 5.92. The van der Waals surface area contributed by atoms with Crippen molar-refractivity contribution in [3.63, 3.8) is 0 Å². The Kier molecular flexibility index (Phi) is 4.87. The maximum Gasteiger partial charge on any atom is 0.124 e. The van der Waals surface area contributed by atoms with Gasteiger partial charge in [0.1, 0.15) is 5.82 Å². The van der Waals surface area contributed by atoms with Crippen LogP contribution in [0.4, 0.5) is 10.1 Å². The smallest absolute Gasteiger partial charge is 0.124 e. The first-order valence-electron chi connectivity index (χ1n) is 5.61. The van der Waals surface area contributed by atoms with Crippen LogP contribution < -0.4 is 5.32 Å². The maximum atomic E-state index is 13.0. The highest BCUT2D eigenvalue weighted by Crippen LogP contribution is 2.33. The van der Waals surface area contributed by atoms with Crippen LogP contribution in [0.1, 0.15) is 11.1 Å². The third-order valence-electron chi connectivity index (χ3n) is 2.66. The minimum Gasteiger partial charge on any atom is -0.379 e. The van der Waals surface area contributed by atoms with Crippen molar-refractivity contribution in [3.05, 3.63) is 61.2 Å². The molecule has 19 heavy (non-hydrogen) atoms. The lowest BCUT2D eigenvalue weighted by atomic mass is 10.2. The Hall–Kier alpha value is -0.580. The number of halogens is 4. The Labute approximate surface area is 133 Å². The standard InChI is InChI=1S/C14H11Br2ClFN/c1-8-4-11(15)14(12(16)5-8)19-7-9-2-3-10(18)6-13(9)17/h2-6,19H,7H2,1H3. The number of aryl methyl sites for hydroxylation is 1. The molecule has 0 saturated heterocycles. The zero-order chi connectivity index (χ0) is 14.0. The molecule has 0 heterocycles. The van der Waals surface area contributed by atoms with Gasteiger partial charge in [-0.25, -0.2) is 4.39 Å². The van der Waals surface area contributed by atoms with Gasteiger partial charge < -0.3 is 5.32 Å². The Morgan fingerprint density at radius 2 is 1.79 bits per heavy atom. The molecule has 2 aromatic carbocycles. The van der Waals surface area contributed by atoms with Crippen LogP contribution in [0.5, 0.6) is 0 Å². The molecule has 0 aliphatic heterocycles. The highest BCUT2D eigenvalue weighted by molar-refractivity contribution is 9.11. The summed E-state index contributed by atoms with van der Waals surface area (Å²) >= 11 is 13.0. The second-order valence-electron chi connectivity index (χ2n) is 4.19. The number of nitrogens with one attached hydrogen (secondary N) is 1. The van der Waals surface area contributed by atoms with E-state index >= 15 is 0 Å². The van der Waals surface area contributed by atoms with Gasteiger partial charge in [-0.15, -0.1) is 0 Å². The lowest BCUT2D eigenvalue weighted by Gasteiger charge is -2.12. The lowest BCUT2D eigenvalue weighted by Crippen LogP contribution is -2.02. The average molecular weight is 408 g/mol. The molecule has 1 nitrogen and oxygen atoms in total. The van der Waals surface area contributed by atoms with Crippen LogP contribution in [0.3, 0.4) is 0 Å². The van der Waals surface area contributed by atoms with Crippen molar-refractivity contribution >= 4 is 49.1 Å². The number of rotatable bonds is 3. The number of anilines is 1. The summed E-state index contributed by atoms with van der Waals surface area (Å²) in [6.45, 7) is 2.55. The zero-order valence-corrected chi connectivity index (χ0v) is 14.0. The van der Waals surface area contributed by atoms with E-state index in [1.54, 1.807) is 6.07 Å². The number of hydrogen-bond acceptors (Lipinski definition) is 1. The third kappa shape index (κ3) is 3.71. The van der Waals surface area contributed by atoms with Gasteiger partial charge in [0.2, 0.25) is 0 Å². The van der Waals surface area contributed by atoms with Crippen molar-refractivity contribution in [2.24, 2.45) is 0 Å². The quantitative estimate of drug-likeness (QED) is 0.665. The molecule has 0 unspecified atom stereocenters. The third-order valence-corrected chi connectivity index (χ3v) is 4.26. The van der Waals surface area contributed by atoms with Gasteiger partial charge in [-0.05, 0) is 74.2 Å². The molecule has 0 amide bonds. The van der Waals surface area contributed by atoms with E-state index in [-0.39, 0.29) is 5.82 Å². The van der Waals surface area contributed by atoms with Crippen LogP contribution in [0.25, 0.3) is 0 Å². The Morgan fingerprint density at radius 3 is 2.37 bits per heavy atom. The van der Waals surface area contributed by atoms with Crippen molar-refractivity contribution in [1.82, 2.24) is 0 Å². The van der Waals surface area contributed by atoms with E-state index in [1.165, 1.54) is 12.1 Å². The van der Waals surface area contributed by atoms with Crippen molar-refractivity contribution in [1.29, 1.82) is 0 Å². The van der Waals surface area contributed by atoms with Gasteiger partial charge in [0, 0.05) is 20.5 Å². The van der Waals surface area contributed by atoms with Crippen molar-refractivity contribution in [2.45, 2.75) is 13.5 Å². The van der Waals surface area contributed by atoms with E-state index in [2.05, 4.69) is 37.2 Å². The summed E-state index contributed by atoms with van der Waals surface area (Å²) in [5.74, 6) is -0.327. The Morgan fingerprint density at radius 1 is 1.16 bits per heavy atom. The van der Waals surface area contributed by atoms with Gasteiger partial charge in [-0.3, -0.25) is 0 Å². The van der Waals surface area contributed by atoms with E-state index in [9.17, 15) is 4.39 Å². The summed E-state index contributed by atoms with van der Waals surface area (Å²) in [5, 5.41) is 3.71. The molecule has 0 saturated carbocycles. The molecule has 0 aromatic heterocycles. The normalized spacial score (nSPS) is 10.6. The largest absolute Gasteiger partial charge is 0.379 e. The Balaban J connectivity index is 2.19. The molecular formula is C14H11Br2ClFN. The highest BCUT2D eigenvalue weighted by Gasteiger charge is 2.07. The maximum absolute atomic E-state index is 13.0. The van der Waals surface area contributed by atoms with Gasteiger partial charge >= 0.3 is 0 Å². The molecule has 2 aromatic rings. The number of benzene rings is 2. The molecule has 100 valence electrons. The Bertz CT molecular complexity index is 593. The average Bonchev–Trinajstić information content (AvgIpc) is 2.30. The number of hydrogen-bond donors (Lipinski definition) is 1. The predicted molar refractivity (Wildman–Crippen MR) is 85.3 cm³/mol. The summed E-state index contributed by atoms with van der Waals surface area (Å²) in [4.78, 5) is 0. The van der Waals surface area contributed by atoms with Crippen molar-refractivity contribution in [2.75, 3.05) is 5.32 Å². The highest BCUT2D eigenvalue weighted by atomic mass is 79.9. The van der Waals surface area contributed by atoms with Gasteiger partial charge in [0.25, 0.3) is 0 Å². The van der Waals surface area contributed by atoms with E-state index in [1.807, 2.05) is 19.1 Å². The first-order valence-corrected chi connectivity index (χ1v) is 7.57. The van der Waals surface area contributed by atoms with E-state index in [4.69, 9.17) is 11.6 Å². The van der Waals surface area contributed by atoms with Gasteiger partial charge in [0.05, 0.1) is 5.69 Å². The minimum absolute atomic E-state index is 0.327. The van der Waals surface area contributed by atoms with Gasteiger partial charge in [-0.1, -0.05) is 17.7 Å². The van der Waals surface area contributed by atoms with Gasteiger partial charge in [-0.2, -0.15) is 0 Å². The monoisotopic (exact) mass is 405 g/mol. The molecule has 0 aliphatic rings. The second kappa shape index (κ2) is 6.25. The summed E-state index contributed by atoms with van der Waals surface area (Å²) in [7, 11) is 0. The molecule has 1 N–H and O–H groups in total. The minimum atomic E-state index is -0.327.